The molecule has 1 fully saturated rings. The molecule has 1 aliphatic rings. The maximum Gasteiger partial charge on any atom is 0.0453 e. The first-order valence-electron chi connectivity index (χ1n) is 5.80. The number of nitrogens with one attached hydrogen (secondary N) is 1. The number of hydrogen-bond acceptors (Lipinski definition) is 4. The van der Waals surface area contributed by atoms with Gasteiger partial charge in [-0.25, -0.2) is 0 Å². The van der Waals surface area contributed by atoms with Crippen molar-refractivity contribution in [2.24, 2.45) is 5.84 Å². The highest BCUT2D eigenvalue weighted by atomic mass is 35.5. The molecule has 18 heavy (non-hydrogen) atoms. The van der Waals surface area contributed by atoms with Crippen LogP contribution in [0.15, 0.2) is 18.2 Å². The van der Waals surface area contributed by atoms with Crippen LogP contribution in [0.25, 0.3) is 0 Å². The van der Waals surface area contributed by atoms with Gasteiger partial charge in [-0.3, -0.25) is 11.3 Å². The highest BCUT2D eigenvalue weighted by Crippen LogP contribution is 2.31. The summed E-state index contributed by atoms with van der Waals surface area (Å²) >= 11 is 16.4. The molecule has 1 heterocycles. The molecule has 2 nitrogen and oxygen atoms in total. The van der Waals surface area contributed by atoms with Crippen LogP contribution in [0.2, 0.25) is 10.0 Å². The summed E-state index contributed by atoms with van der Waals surface area (Å²) in [6, 6.07) is 5.82. The van der Waals surface area contributed by atoms with E-state index in [1.807, 2.05) is 41.7 Å². The second kappa shape index (κ2) is 7.27. The summed E-state index contributed by atoms with van der Waals surface area (Å²) in [5.74, 6) is 9.23. The number of thioether (sulfide) groups is 2. The quantitative estimate of drug-likeness (QED) is 0.659. The predicted molar refractivity (Wildman–Crippen MR) is 84.8 cm³/mol. The average Bonchev–Trinajstić information content (AvgIpc) is 2.40. The second-order valence-electron chi connectivity index (χ2n) is 4.16. The standard InChI is InChI=1S/C12H16Cl2N2S2/c13-9-2-1-3-10(14)8(9)6-11(16-15)12-7-17-4-5-18-12/h1-3,11-12,16H,4-7,15H2. The monoisotopic (exact) mass is 322 g/mol. The summed E-state index contributed by atoms with van der Waals surface area (Å²) in [5.41, 5.74) is 3.91. The summed E-state index contributed by atoms with van der Waals surface area (Å²) in [6.45, 7) is 0. The molecular weight excluding hydrogens is 307 g/mol. The van der Waals surface area contributed by atoms with Crippen LogP contribution in [0.5, 0.6) is 0 Å². The molecule has 0 radical (unpaired) electrons. The Morgan fingerprint density at radius 1 is 1.33 bits per heavy atom. The van der Waals surface area contributed by atoms with Gasteiger partial charge >= 0.3 is 0 Å². The van der Waals surface area contributed by atoms with Crippen molar-refractivity contribution in [1.29, 1.82) is 0 Å². The molecule has 0 bridgehead atoms. The Morgan fingerprint density at radius 2 is 2.06 bits per heavy atom. The van der Waals surface area contributed by atoms with Crippen molar-refractivity contribution < 1.29 is 0 Å². The maximum atomic E-state index is 6.20. The van der Waals surface area contributed by atoms with Crippen molar-refractivity contribution >= 4 is 46.7 Å². The largest absolute Gasteiger partial charge is 0.271 e. The minimum absolute atomic E-state index is 0.209. The Morgan fingerprint density at radius 3 is 2.61 bits per heavy atom. The van der Waals surface area contributed by atoms with E-state index in [2.05, 4.69) is 5.43 Å². The normalized spacial score (nSPS) is 21.8. The molecule has 1 aromatic rings. The van der Waals surface area contributed by atoms with E-state index in [9.17, 15) is 0 Å². The van der Waals surface area contributed by atoms with E-state index in [0.29, 0.717) is 5.25 Å². The van der Waals surface area contributed by atoms with Crippen molar-refractivity contribution in [3.63, 3.8) is 0 Å². The molecule has 1 aliphatic heterocycles. The molecule has 1 saturated heterocycles. The first-order chi connectivity index (χ1) is 8.72. The lowest BCUT2D eigenvalue weighted by Gasteiger charge is -2.29. The van der Waals surface area contributed by atoms with Gasteiger partial charge in [0, 0.05) is 38.6 Å². The van der Waals surface area contributed by atoms with Gasteiger partial charge in [-0.05, 0) is 24.1 Å². The Bertz CT molecular complexity index is 377. The van der Waals surface area contributed by atoms with Crippen LogP contribution in [-0.4, -0.2) is 28.6 Å². The predicted octanol–water partition coefficient (Wildman–Crippen LogP) is 3.22. The van der Waals surface area contributed by atoms with Crippen molar-refractivity contribution in [1.82, 2.24) is 5.43 Å². The molecule has 0 aliphatic carbocycles. The van der Waals surface area contributed by atoms with Crippen LogP contribution < -0.4 is 11.3 Å². The first kappa shape index (κ1) is 14.8. The molecule has 0 amide bonds. The molecule has 6 heteroatoms. The highest BCUT2D eigenvalue weighted by Gasteiger charge is 2.25. The Labute approximate surface area is 126 Å². The van der Waals surface area contributed by atoms with E-state index < -0.39 is 0 Å². The third kappa shape index (κ3) is 3.71. The van der Waals surface area contributed by atoms with Gasteiger partial charge in [0.15, 0.2) is 0 Å². The third-order valence-electron chi connectivity index (χ3n) is 2.99. The lowest BCUT2D eigenvalue weighted by atomic mass is 10.0. The molecule has 0 aromatic heterocycles. The van der Waals surface area contributed by atoms with E-state index in [1.54, 1.807) is 0 Å². The molecule has 2 rings (SSSR count). The van der Waals surface area contributed by atoms with Gasteiger partial charge in [0.1, 0.15) is 0 Å². The minimum atomic E-state index is 0.209. The van der Waals surface area contributed by atoms with Crippen molar-refractivity contribution in [2.45, 2.75) is 17.7 Å². The van der Waals surface area contributed by atoms with Gasteiger partial charge in [0.05, 0.1) is 0 Å². The van der Waals surface area contributed by atoms with Crippen molar-refractivity contribution in [3.05, 3.63) is 33.8 Å². The topological polar surface area (TPSA) is 38.0 Å². The van der Waals surface area contributed by atoms with Gasteiger partial charge in [-0.2, -0.15) is 23.5 Å². The van der Waals surface area contributed by atoms with Gasteiger partial charge in [-0.15, -0.1) is 0 Å². The van der Waals surface area contributed by atoms with Crippen LogP contribution in [0.1, 0.15) is 5.56 Å². The fourth-order valence-electron chi connectivity index (χ4n) is 1.98. The average molecular weight is 323 g/mol. The van der Waals surface area contributed by atoms with Crippen LogP contribution in [0.4, 0.5) is 0 Å². The summed E-state index contributed by atoms with van der Waals surface area (Å²) in [5, 5.41) is 1.95. The summed E-state index contributed by atoms with van der Waals surface area (Å²) in [4.78, 5) is 0. The summed E-state index contributed by atoms with van der Waals surface area (Å²) < 4.78 is 0. The van der Waals surface area contributed by atoms with E-state index >= 15 is 0 Å². The Balaban J connectivity index is 2.09. The van der Waals surface area contributed by atoms with Crippen LogP contribution >= 0.6 is 46.7 Å². The number of halogens is 2. The fourth-order valence-corrected chi connectivity index (χ4v) is 5.41. The smallest absolute Gasteiger partial charge is 0.0453 e. The lowest BCUT2D eigenvalue weighted by molar-refractivity contribution is 0.523. The zero-order valence-electron chi connectivity index (χ0n) is 9.86. The number of hydrogen-bond donors (Lipinski definition) is 2. The fraction of sp³-hybridized carbons (Fsp3) is 0.500. The third-order valence-corrected chi connectivity index (χ3v) is 6.62. The van der Waals surface area contributed by atoms with E-state index in [4.69, 9.17) is 29.0 Å². The summed E-state index contributed by atoms with van der Waals surface area (Å²) in [6.07, 6.45) is 0.771. The van der Waals surface area contributed by atoms with E-state index in [1.165, 1.54) is 11.5 Å². The zero-order chi connectivity index (χ0) is 13.0. The number of nitrogens with two attached hydrogens (primary N) is 1. The molecular formula is C12H16Cl2N2S2. The van der Waals surface area contributed by atoms with Gasteiger partial charge in [0.2, 0.25) is 0 Å². The number of benzene rings is 1. The Hall–Kier alpha value is 0.420. The maximum absolute atomic E-state index is 6.20. The van der Waals surface area contributed by atoms with Gasteiger partial charge < -0.3 is 0 Å². The van der Waals surface area contributed by atoms with Gasteiger partial charge in [-0.1, -0.05) is 29.3 Å². The summed E-state index contributed by atoms with van der Waals surface area (Å²) in [7, 11) is 0. The van der Waals surface area contributed by atoms with E-state index in [0.717, 1.165) is 27.8 Å². The lowest BCUT2D eigenvalue weighted by Crippen LogP contribution is -2.46. The number of hydrazine groups is 1. The zero-order valence-corrected chi connectivity index (χ0v) is 13.0. The highest BCUT2D eigenvalue weighted by molar-refractivity contribution is 8.06. The van der Waals surface area contributed by atoms with Crippen molar-refractivity contribution in [2.75, 3.05) is 17.3 Å². The van der Waals surface area contributed by atoms with E-state index in [-0.39, 0.29) is 6.04 Å². The van der Waals surface area contributed by atoms with Gasteiger partial charge in [0.25, 0.3) is 0 Å². The molecule has 0 spiro atoms. The van der Waals surface area contributed by atoms with Crippen molar-refractivity contribution in [3.8, 4) is 0 Å². The van der Waals surface area contributed by atoms with Crippen LogP contribution in [0, 0.1) is 0 Å². The molecule has 1 aromatic carbocycles. The minimum Gasteiger partial charge on any atom is -0.271 e. The molecule has 3 N–H and O–H groups in total. The molecule has 2 atom stereocenters. The SMILES string of the molecule is NNC(Cc1c(Cl)cccc1Cl)C1CSCCS1. The molecule has 100 valence electrons. The van der Waals surface area contributed by atoms with Crippen LogP contribution in [0.3, 0.4) is 0 Å². The molecule has 2 unspecified atom stereocenters. The molecule has 0 saturated carbocycles. The second-order valence-corrected chi connectivity index (χ2v) is 7.47. The Kier molecular flexibility index (Phi) is 5.98. The number of rotatable bonds is 4. The first-order valence-corrected chi connectivity index (χ1v) is 8.76. The van der Waals surface area contributed by atoms with Crippen LogP contribution in [-0.2, 0) is 6.42 Å².